The van der Waals surface area contributed by atoms with Gasteiger partial charge in [0.2, 0.25) is 21.8 Å². The third-order valence-corrected chi connectivity index (χ3v) is 8.08. The van der Waals surface area contributed by atoms with E-state index in [4.69, 9.17) is 11.6 Å². The Labute approximate surface area is 236 Å². The maximum atomic E-state index is 14.0. The predicted octanol–water partition coefficient (Wildman–Crippen LogP) is 4.97. The number of hydrogen-bond donors (Lipinski definition) is 1. The smallest absolute Gasteiger partial charge is 0.244 e. The minimum atomic E-state index is -3.81. The quantitative estimate of drug-likeness (QED) is 0.334. The van der Waals surface area contributed by atoms with Crippen LogP contribution >= 0.6 is 11.6 Å². The first-order valence-corrected chi connectivity index (χ1v) is 15.1. The first-order chi connectivity index (χ1) is 18.5. The SMILES string of the molecule is CC[C@@H](C)NC(=O)[C@H](Cc1ccccc1)N(Cc1ccccc1Cl)C(=O)CN(c1ccc(C)cc1)S(C)(=O)=O. The van der Waals surface area contributed by atoms with Crippen LogP contribution in [0.1, 0.15) is 37.0 Å². The van der Waals surface area contributed by atoms with Crippen molar-refractivity contribution in [2.24, 2.45) is 0 Å². The van der Waals surface area contributed by atoms with Crippen LogP contribution < -0.4 is 9.62 Å². The van der Waals surface area contributed by atoms with E-state index in [-0.39, 0.29) is 24.9 Å². The molecule has 2 atom stereocenters. The summed E-state index contributed by atoms with van der Waals surface area (Å²) >= 11 is 6.47. The summed E-state index contributed by atoms with van der Waals surface area (Å²) in [6.07, 6.45) is 2.04. The topological polar surface area (TPSA) is 86.8 Å². The van der Waals surface area contributed by atoms with Crippen LogP contribution in [0.25, 0.3) is 0 Å². The number of carbonyl (C=O) groups is 2. The lowest BCUT2D eigenvalue weighted by Crippen LogP contribution is -2.54. The Morgan fingerprint density at radius 2 is 1.56 bits per heavy atom. The van der Waals surface area contributed by atoms with Crippen molar-refractivity contribution in [3.63, 3.8) is 0 Å². The summed E-state index contributed by atoms with van der Waals surface area (Å²) in [5.41, 5.74) is 2.86. The lowest BCUT2D eigenvalue weighted by Gasteiger charge is -2.34. The van der Waals surface area contributed by atoms with Gasteiger partial charge in [-0.3, -0.25) is 13.9 Å². The summed E-state index contributed by atoms with van der Waals surface area (Å²) in [4.78, 5) is 29.1. The van der Waals surface area contributed by atoms with Crippen molar-refractivity contribution in [2.75, 3.05) is 17.1 Å². The highest BCUT2D eigenvalue weighted by Gasteiger charge is 2.33. The molecule has 3 aromatic carbocycles. The van der Waals surface area contributed by atoms with Crippen LogP contribution in [0.5, 0.6) is 0 Å². The van der Waals surface area contributed by atoms with Crippen LogP contribution in [0, 0.1) is 6.92 Å². The van der Waals surface area contributed by atoms with Crippen LogP contribution in [-0.2, 0) is 32.6 Å². The van der Waals surface area contributed by atoms with E-state index in [1.54, 1.807) is 42.5 Å². The van der Waals surface area contributed by atoms with E-state index in [1.807, 2.05) is 57.2 Å². The van der Waals surface area contributed by atoms with E-state index in [0.29, 0.717) is 16.3 Å². The number of halogens is 1. The Bertz CT molecular complexity index is 1360. The van der Waals surface area contributed by atoms with Gasteiger partial charge in [-0.15, -0.1) is 0 Å². The molecule has 208 valence electrons. The molecule has 0 spiro atoms. The molecule has 0 saturated carbocycles. The number of amides is 2. The predicted molar refractivity (Wildman–Crippen MR) is 157 cm³/mol. The number of aryl methyl sites for hydroxylation is 1. The first kappa shape index (κ1) is 30.2. The second-order valence-corrected chi connectivity index (χ2v) is 12.1. The van der Waals surface area contributed by atoms with Crippen molar-refractivity contribution in [1.82, 2.24) is 10.2 Å². The Kier molecular flexibility index (Phi) is 10.5. The van der Waals surface area contributed by atoms with Gasteiger partial charge in [0.15, 0.2) is 0 Å². The highest BCUT2D eigenvalue weighted by atomic mass is 35.5. The van der Waals surface area contributed by atoms with Crippen molar-refractivity contribution in [3.8, 4) is 0 Å². The monoisotopic (exact) mass is 569 g/mol. The summed E-state index contributed by atoms with van der Waals surface area (Å²) in [5.74, 6) is -0.823. The van der Waals surface area contributed by atoms with E-state index >= 15 is 0 Å². The van der Waals surface area contributed by atoms with Crippen molar-refractivity contribution in [1.29, 1.82) is 0 Å². The lowest BCUT2D eigenvalue weighted by atomic mass is 10.0. The Balaban J connectivity index is 2.06. The molecule has 9 heteroatoms. The van der Waals surface area contributed by atoms with Crippen molar-refractivity contribution in [2.45, 2.75) is 52.2 Å². The molecule has 0 aliphatic carbocycles. The van der Waals surface area contributed by atoms with Gasteiger partial charge >= 0.3 is 0 Å². The molecule has 1 N–H and O–H groups in total. The molecule has 0 aromatic heterocycles. The molecular formula is C30H36ClN3O4S. The van der Waals surface area contributed by atoms with Gasteiger partial charge < -0.3 is 10.2 Å². The molecule has 7 nitrogen and oxygen atoms in total. The van der Waals surface area contributed by atoms with Gasteiger partial charge in [0, 0.05) is 24.0 Å². The fourth-order valence-corrected chi connectivity index (χ4v) is 5.18. The fourth-order valence-electron chi connectivity index (χ4n) is 4.13. The Hall–Kier alpha value is -3.36. The highest BCUT2D eigenvalue weighted by Crippen LogP contribution is 2.23. The van der Waals surface area contributed by atoms with Crippen molar-refractivity contribution in [3.05, 3.63) is 101 Å². The van der Waals surface area contributed by atoms with E-state index in [9.17, 15) is 18.0 Å². The number of nitrogens with one attached hydrogen (secondary N) is 1. The number of benzene rings is 3. The number of hydrogen-bond acceptors (Lipinski definition) is 4. The lowest BCUT2D eigenvalue weighted by molar-refractivity contribution is -0.140. The normalized spacial score (nSPS) is 12.8. The second-order valence-electron chi connectivity index (χ2n) is 9.74. The zero-order valence-electron chi connectivity index (χ0n) is 22.8. The molecule has 0 aliphatic rings. The van der Waals surface area contributed by atoms with Gasteiger partial charge in [-0.05, 0) is 49.6 Å². The molecular weight excluding hydrogens is 534 g/mol. The van der Waals surface area contributed by atoms with Crippen LogP contribution in [0.2, 0.25) is 5.02 Å². The van der Waals surface area contributed by atoms with E-state index in [2.05, 4.69) is 5.32 Å². The van der Waals surface area contributed by atoms with Gasteiger partial charge in [-0.25, -0.2) is 8.42 Å². The van der Waals surface area contributed by atoms with Crippen molar-refractivity contribution < 1.29 is 18.0 Å². The average Bonchev–Trinajstić information content (AvgIpc) is 2.90. The largest absolute Gasteiger partial charge is 0.352 e. The van der Waals surface area contributed by atoms with Gasteiger partial charge in [-0.1, -0.05) is 84.8 Å². The average molecular weight is 570 g/mol. The molecule has 0 fully saturated rings. The minimum Gasteiger partial charge on any atom is -0.352 e. The first-order valence-electron chi connectivity index (χ1n) is 12.9. The molecule has 0 bridgehead atoms. The molecule has 0 aliphatic heterocycles. The minimum absolute atomic E-state index is 0.0371. The molecule has 39 heavy (non-hydrogen) atoms. The van der Waals surface area contributed by atoms with E-state index < -0.39 is 28.5 Å². The van der Waals surface area contributed by atoms with E-state index in [0.717, 1.165) is 28.1 Å². The molecule has 0 saturated heterocycles. The van der Waals surface area contributed by atoms with Crippen LogP contribution in [0.3, 0.4) is 0 Å². The summed E-state index contributed by atoms with van der Waals surface area (Å²) in [5, 5.41) is 3.46. The molecule has 3 aromatic rings. The maximum Gasteiger partial charge on any atom is 0.244 e. The molecule has 2 amide bonds. The van der Waals surface area contributed by atoms with Crippen molar-refractivity contribution >= 4 is 39.1 Å². The Morgan fingerprint density at radius 1 is 0.949 bits per heavy atom. The maximum absolute atomic E-state index is 14.0. The van der Waals surface area contributed by atoms with Crippen LogP contribution in [-0.4, -0.2) is 50.0 Å². The summed E-state index contributed by atoms with van der Waals surface area (Å²) in [6, 6.07) is 22.5. The molecule has 0 unspecified atom stereocenters. The van der Waals surface area contributed by atoms with E-state index in [1.165, 1.54) is 4.90 Å². The third kappa shape index (κ3) is 8.57. The van der Waals surface area contributed by atoms with Gasteiger partial charge in [0.25, 0.3) is 0 Å². The zero-order chi connectivity index (χ0) is 28.6. The third-order valence-electron chi connectivity index (χ3n) is 6.57. The number of nitrogens with zero attached hydrogens (tertiary/aromatic N) is 2. The molecule has 3 rings (SSSR count). The number of carbonyl (C=O) groups excluding carboxylic acids is 2. The fraction of sp³-hybridized carbons (Fsp3) is 0.333. The second kappa shape index (κ2) is 13.6. The van der Waals surface area contributed by atoms with Crippen LogP contribution in [0.15, 0.2) is 78.9 Å². The highest BCUT2D eigenvalue weighted by molar-refractivity contribution is 7.92. The number of rotatable bonds is 12. The summed E-state index contributed by atoms with van der Waals surface area (Å²) in [6.45, 7) is 5.34. The van der Waals surface area contributed by atoms with Gasteiger partial charge in [0.05, 0.1) is 11.9 Å². The molecule has 0 radical (unpaired) electrons. The van der Waals surface area contributed by atoms with Crippen LogP contribution in [0.4, 0.5) is 5.69 Å². The standard InChI is InChI=1S/C30H36ClN3O4S/c1-5-23(3)32-30(36)28(19-24-11-7-6-8-12-24)33(20-25-13-9-10-14-27(25)31)29(35)21-34(39(4,37)38)26-17-15-22(2)16-18-26/h6-18,23,28H,5,19-21H2,1-4H3,(H,32,36)/t23-,28+/m1/s1. The van der Waals surface area contributed by atoms with Gasteiger partial charge in [0.1, 0.15) is 12.6 Å². The summed E-state index contributed by atoms with van der Waals surface area (Å²) < 4.78 is 26.7. The Morgan fingerprint density at radius 3 is 2.15 bits per heavy atom. The zero-order valence-corrected chi connectivity index (χ0v) is 24.4. The van der Waals surface area contributed by atoms with Gasteiger partial charge in [-0.2, -0.15) is 0 Å². The number of sulfonamides is 1. The number of anilines is 1. The summed E-state index contributed by atoms with van der Waals surface area (Å²) in [7, 11) is -3.81. The molecule has 0 heterocycles.